The van der Waals surface area contributed by atoms with Crippen molar-refractivity contribution in [2.45, 2.75) is 88.8 Å². The second-order valence-corrected chi connectivity index (χ2v) is 11.6. The highest BCUT2D eigenvalue weighted by Crippen LogP contribution is 2.73. The SMILES string of the molecule is CC1(C)O[C@@H]2C[C@H]3[C@@H]4C[C@H](F)C5=C(Cl)C(=O)C=C[C@]5(C)[C@@]4(F)[C@@H](O)C[C@]3(C)[C@]2(C(=O)C(F)F)O1. The zero-order valence-corrected chi connectivity index (χ0v) is 20.0. The molecule has 1 heterocycles. The topological polar surface area (TPSA) is 72.8 Å². The van der Waals surface area contributed by atoms with E-state index >= 15 is 8.78 Å². The lowest BCUT2D eigenvalue weighted by atomic mass is 9.44. The minimum atomic E-state index is -3.37. The van der Waals surface area contributed by atoms with Gasteiger partial charge in [-0.05, 0) is 57.6 Å². The largest absolute Gasteiger partial charge is 0.390 e. The molecule has 0 aromatic heterocycles. The fourth-order valence-electron chi connectivity index (χ4n) is 7.99. The van der Waals surface area contributed by atoms with Crippen molar-refractivity contribution >= 4 is 23.2 Å². The van der Waals surface area contributed by atoms with Gasteiger partial charge in [-0.2, -0.15) is 0 Å². The van der Waals surface area contributed by atoms with Gasteiger partial charge in [0.05, 0.1) is 17.2 Å². The molecule has 0 amide bonds. The third-order valence-corrected chi connectivity index (χ3v) is 9.65. The van der Waals surface area contributed by atoms with Gasteiger partial charge in [-0.3, -0.25) is 9.59 Å². The lowest BCUT2D eigenvalue weighted by Gasteiger charge is -2.63. The predicted molar refractivity (Wildman–Crippen MR) is 113 cm³/mol. The minimum absolute atomic E-state index is 0.0142. The van der Waals surface area contributed by atoms with Crippen LogP contribution in [0.1, 0.15) is 47.0 Å². The van der Waals surface area contributed by atoms with Gasteiger partial charge in [-0.15, -0.1) is 0 Å². The highest BCUT2D eigenvalue weighted by Gasteiger charge is 2.81. The van der Waals surface area contributed by atoms with Crippen molar-refractivity contribution in [3.05, 3.63) is 22.8 Å². The molecule has 1 aliphatic heterocycles. The Morgan fingerprint density at radius 1 is 1.21 bits per heavy atom. The molecule has 1 saturated heterocycles. The van der Waals surface area contributed by atoms with Gasteiger partial charge in [-0.25, -0.2) is 17.6 Å². The number of fused-ring (bicyclic) bond motifs is 7. The summed E-state index contributed by atoms with van der Waals surface area (Å²) in [6.07, 6.45) is -6.57. The molecule has 1 N–H and O–H groups in total. The molecule has 3 saturated carbocycles. The van der Waals surface area contributed by atoms with Gasteiger partial charge in [0, 0.05) is 16.7 Å². The average Bonchev–Trinajstić information content (AvgIpc) is 3.13. The average molecular weight is 507 g/mol. The highest BCUT2D eigenvalue weighted by molar-refractivity contribution is 6.45. The van der Waals surface area contributed by atoms with E-state index in [9.17, 15) is 23.5 Å². The first kappa shape index (κ1) is 24.4. The first-order chi connectivity index (χ1) is 15.6. The molecule has 0 radical (unpaired) electrons. The molecule has 0 aromatic carbocycles. The summed E-state index contributed by atoms with van der Waals surface area (Å²) in [4.78, 5) is 25.1. The highest BCUT2D eigenvalue weighted by atomic mass is 35.5. The standard InChI is InChI=1S/C24H27ClF4O5/c1-20(2)33-15-8-10-11-7-12(26)16-17(25)13(30)5-6-21(16,3)23(11,29)14(31)9-22(10,4)24(15,34-20)18(32)19(27)28/h5-6,10-12,14-15,19,31H,7-9H2,1-4H3/t10-,11-,12-,14-,15+,21-,22-,23-,24-/m0/s1. The fourth-order valence-corrected chi connectivity index (χ4v) is 8.37. The van der Waals surface area contributed by atoms with Gasteiger partial charge in [0.25, 0.3) is 6.43 Å². The van der Waals surface area contributed by atoms with Crippen molar-refractivity contribution in [3.63, 3.8) is 0 Å². The number of ketones is 2. The Kier molecular flexibility index (Phi) is 4.97. The maximum absolute atomic E-state index is 17.2. The molecule has 9 atom stereocenters. The molecule has 4 aliphatic carbocycles. The third kappa shape index (κ3) is 2.57. The summed E-state index contributed by atoms with van der Waals surface area (Å²) < 4.78 is 72.4. The van der Waals surface area contributed by atoms with Crippen LogP contribution >= 0.6 is 11.6 Å². The molecular weight excluding hydrogens is 480 g/mol. The molecule has 0 unspecified atom stereocenters. The van der Waals surface area contributed by atoms with Gasteiger partial charge in [-0.1, -0.05) is 24.6 Å². The maximum atomic E-state index is 17.2. The number of hydrogen-bond donors (Lipinski definition) is 1. The van der Waals surface area contributed by atoms with E-state index in [1.54, 1.807) is 0 Å². The van der Waals surface area contributed by atoms with E-state index < -0.39 is 94.0 Å². The number of alkyl halides is 4. The van der Waals surface area contributed by atoms with Gasteiger partial charge < -0.3 is 14.6 Å². The number of carbonyl (C=O) groups is 2. The van der Waals surface area contributed by atoms with Crippen molar-refractivity contribution in [2.24, 2.45) is 22.7 Å². The molecule has 0 spiro atoms. The van der Waals surface area contributed by atoms with Gasteiger partial charge in [0.2, 0.25) is 5.78 Å². The lowest BCUT2D eigenvalue weighted by molar-refractivity contribution is -0.250. The molecule has 4 fully saturated rings. The van der Waals surface area contributed by atoms with Crippen LogP contribution in [0, 0.1) is 22.7 Å². The van der Waals surface area contributed by atoms with E-state index in [-0.39, 0.29) is 12.0 Å². The summed E-state index contributed by atoms with van der Waals surface area (Å²) in [6, 6.07) is 0. The Hall–Kier alpha value is -1.29. The van der Waals surface area contributed by atoms with Crippen LogP contribution in [0.3, 0.4) is 0 Å². The summed E-state index contributed by atoms with van der Waals surface area (Å²) in [7, 11) is 0. The number of hydrogen-bond acceptors (Lipinski definition) is 5. The van der Waals surface area contributed by atoms with Crippen LogP contribution in [0.2, 0.25) is 0 Å². The van der Waals surface area contributed by atoms with Crippen molar-refractivity contribution in [2.75, 3.05) is 0 Å². The van der Waals surface area contributed by atoms with Crippen LogP contribution < -0.4 is 0 Å². The quantitative estimate of drug-likeness (QED) is 0.568. The van der Waals surface area contributed by atoms with Crippen LogP contribution in [0.4, 0.5) is 17.6 Å². The van der Waals surface area contributed by atoms with Crippen LogP contribution in [0.5, 0.6) is 0 Å². The molecule has 188 valence electrons. The van der Waals surface area contributed by atoms with Gasteiger partial charge in [0.1, 0.15) is 6.17 Å². The molecule has 5 aliphatic rings. The predicted octanol–water partition coefficient (Wildman–Crippen LogP) is 4.21. The van der Waals surface area contributed by atoms with Crippen LogP contribution in [-0.4, -0.2) is 58.5 Å². The molecule has 0 aromatic rings. The lowest BCUT2D eigenvalue weighted by Crippen LogP contribution is -2.71. The Morgan fingerprint density at radius 3 is 2.47 bits per heavy atom. The van der Waals surface area contributed by atoms with Crippen molar-refractivity contribution < 1.29 is 41.7 Å². The summed E-state index contributed by atoms with van der Waals surface area (Å²) in [6.45, 7) is 5.93. The second-order valence-electron chi connectivity index (χ2n) is 11.2. The number of Topliss-reactive ketones (excluding diaryl/α,β-unsaturated/α-hetero) is 1. The first-order valence-electron chi connectivity index (χ1n) is 11.4. The van der Waals surface area contributed by atoms with Crippen LogP contribution in [0.25, 0.3) is 0 Å². The zero-order chi connectivity index (χ0) is 25.2. The van der Waals surface area contributed by atoms with E-state index in [1.807, 2.05) is 0 Å². The summed E-state index contributed by atoms with van der Waals surface area (Å²) in [5, 5.41) is 10.9. The van der Waals surface area contributed by atoms with E-state index in [0.29, 0.717) is 0 Å². The smallest absolute Gasteiger partial charge is 0.299 e. The molecule has 5 rings (SSSR count). The molecule has 34 heavy (non-hydrogen) atoms. The van der Waals surface area contributed by atoms with Crippen molar-refractivity contribution in [3.8, 4) is 0 Å². The van der Waals surface area contributed by atoms with Crippen LogP contribution in [-0.2, 0) is 19.1 Å². The van der Waals surface area contributed by atoms with E-state index in [0.717, 1.165) is 6.08 Å². The van der Waals surface area contributed by atoms with Crippen molar-refractivity contribution in [1.82, 2.24) is 0 Å². The van der Waals surface area contributed by atoms with E-state index in [4.69, 9.17) is 21.1 Å². The van der Waals surface area contributed by atoms with E-state index in [1.165, 1.54) is 33.8 Å². The molecular formula is C24H27ClF4O5. The molecule has 10 heteroatoms. The number of aliphatic hydroxyl groups is 1. The Labute approximate surface area is 199 Å². The summed E-state index contributed by atoms with van der Waals surface area (Å²) in [5.41, 5.74) is -7.98. The Morgan fingerprint density at radius 2 is 1.85 bits per heavy atom. The molecule has 0 bridgehead atoms. The first-order valence-corrected chi connectivity index (χ1v) is 11.8. The Bertz CT molecular complexity index is 1040. The summed E-state index contributed by atoms with van der Waals surface area (Å²) >= 11 is 6.14. The number of carbonyl (C=O) groups excluding carboxylic acids is 2. The summed E-state index contributed by atoms with van der Waals surface area (Å²) in [5.74, 6) is -5.45. The number of halogens is 5. The van der Waals surface area contributed by atoms with Gasteiger partial charge in [0.15, 0.2) is 22.8 Å². The maximum Gasteiger partial charge on any atom is 0.299 e. The van der Waals surface area contributed by atoms with Crippen LogP contribution in [0.15, 0.2) is 22.8 Å². The number of rotatable bonds is 2. The number of aliphatic hydroxyl groups excluding tert-OH is 1. The van der Waals surface area contributed by atoms with Crippen molar-refractivity contribution in [1.29, 1.82) is 0 Å². The molecule has 5 nitrogen and oxygen atoms in total. The van der Waals surface area contributed by atoms with Gasteiger partial charge >= 0.3 is 0 Å². The zero-order valence-electron chi connectivity index (χ0n) is 19.2. The number of ether oxygens (including phenoxy) is 2. The second kappa shape index (κ2) is 6.93. The normalized spacial score (nSPS) is 51.3. The Balaban J connectivity index is 1.68. The van der Waals surface area contributed by atoms with E-state index in [2.05, 4.69) is 0 Å². The number of allylic oxidation sites excluding steroid dienone is 4. The third-order valence-electron chi connectivity index (χ3n) is 9.26. The minimum Gasteiger partial charge on any atom is -0.390 e. The monoisotopic (exact) mass is 506 g/mol. The fraction of sp³-hybridized carbons (Fsp3) is 0.750.